The average molecular weight is 339 g/mol. The van der Waals surface area contributed by atoms with E-state index < -0.39 is 0 Å². The molecular formula is C18H21N5O2. The number of carbonyl (C=O) groups excluding carboxylic acids is 1. The highest BCUT2D eigenvalue weighted by Gasteiger charge is 2.12. The fraction of sp³-hybridized carbons (Fsp3) is 0.333. The Kier molecular flexibility index (Phi) is 4.92. The lowest BCUT2D eigenvalue weighted by molar-refractivity contribution is -0.141. The van der Waals surface area contributed by atoms with Crippen molar-refractivity contribution in [3.05, 3.63) is 47.4 Å². The minimum atomic E-state index is -0.368. The lowest BCUT2D eigenvalue weighted by atomic mass is 10.1. The molecule has 130 valence electrons. The van der Waals surface area contributed by atoms with Gasteiger partial charge in [-0.05, 0) is 25.8 Å². The van der Waals surface area contributed by atoms with Crippen LogP contribution < -0.4 is 5.32 Å². The van der Waals surface area contributed by atoms with E-state index in [2.05, 4.69) is 57.2 Å². The number of carbonyl (C=O) groups is 1. The molecule has 0 aliphatic rings. The summed E-state index contributed by atoms with van der Waals surface area (Å²) in [6.45, 7) is 4.98. The van der Waals surface area contributed by atoms with Crippen LogP contribution in [-0.2, 0) is 22.5 Å². The first-order chi connectivity index (χ1) is 12.1. The molecule has 0 fully saturated rings. The van der Waals surface area contributed by atoms with Crippen molar-refractivity contribution in [2.75, 3.05) is 19.0 Å². The zero-order chi connectivity index (χ0) is 17.8. The molecule has 0 saturated carbocycles. The van der Waals surface area contributed by atoms with E-state index in [9.17, 15) is 4.79 Å². The zero-order valence-corrected chi connectivity index (χ0v) is 14.6. The molecule has 0 amide bonds. The number of aryl methyl sites for hydroxylation is 2. The van der Waals surface area contributed by atoms with Crippen LogP contribution >= 0.6 is 0 Å². The molecule has 25 heavy (non-hydrogen) atoms. The van der Waals surface area contributed by atoms with Crippen molar-refractivity contribution >= 4 is 22.8 Å². The van der Waals surface area contributed by atoms with Gasteiger partial charge in [-0.25, -0.2) is 14.6 Å². The maximum Gasteiger partial charge on any atom is 0.327 e. The highest BCUT2D eigenvalue weighted by molar-refractivity contribution is 5.86. The maximum atomic E-state index is 11.4. The SMILES string of the molecule is COC(=O)Cn1ncc2c(NCCc3cc(C)cc(C)c3)ncnc21. The van der Waals surface area contributed by atoms with Crippen LogP contribution in [0.2, 0.25) is 0 Å². The number of hydrogen-bond acceptors (Lipinski definition) is 6. The molecule has 3 rings (SSSR count). The van der Waals surface area contributed by atoms with E-state index in [1.165, 1.54) is 34.8 Å². The van der Waals surface area contributed by atoms with Crippen molar-refractivity contribution in [1.29, 1.82) is 0 Å². The molecule has 2 aromatic heterocycles. The zero-order valence-electron chi connectivity index (χ0n) is 14.6. The molecule has 0 atom stereocenters. The number of nitrogens with one attached hydrogen (secondary N) is 1. The highest BCUT2D eigenvalue weighted by Crippen LogP contribution is 2.19. The van der Waals surface area contributed by atoms with Crippen molar-refractivity contribution < 1.29 is 9.53 Å². The van der Waals surface area contributed by atoms with Crippen LogP contribution in [0.4, 0.5) is 5.82 Å². The first-order valence-electron chi connectivity index (χ1n) is 8.11. The molecule has 1 N–H and O–H groups in total. The number of fused-ring (bicyclic) bond motifs is 1. The summed E-state index contributed by atoms with van der Waals surface area (Å²) >= 11 is 0. The van der Waals surface area contributed by atoms with E-state index in [1.54, 1.807) is 6.20 Å². The summed E-state index contributed by atoms with van der Waals surface area (Å²) in [5, 5.41) is 8.33. The van der Waals surface area contributed by atoms with Crippen molar-refractivity contribution in [3.63, 3.8) is 0 Å². The molecular weight excluding hydrogens is 318 g/mol. The number of rotatable bonds is 6. The van der Waals surface area contributed by atoms with Crippen LogP contribution in [0.1, 0.15) is 16.7 Å². The third kappa shape index (κ3) is 3.93. The number of hydrogen-bond donors (Lipinski definition) is 1. The number of nitrogens with zero attached hydrogens (tertiary/aromatic N) is 4. The van der Waals surface area contributed by atoms with Gasteiger partial charge in [0.2, 0.25) is 0 Å². The summed E-state index contributed by atoms with van der Waals surface area (Å²) in [6.07, 6.45) is 4.03. The second-order valence-corrected chi connectivity index (χ2v) is 6.01. The largest absolute Gasteiger partial charge is 0.468 e. The fourth-order valence-electron chi connectivity index (χ4n) is 2.87. The first kappa shape index (κ1) is 16.9. The summed E-state index contributed by atoms with van der Waals surface area (Å²) in [4.78, 5) is 20.0. The van der Waals surface area contributed by atoms with Gasteiger partial charge in [0, 0.05) is 6.54 Å². The van der Waals surface area contributed by atoms with Gasteiger partial charge in [0.1, 0.15) is 18.7 Å². The summed E-state index contributed by atoms with van der Waals surface area (Å²) in [5.74, 6) is 0.346. The van der Waals surface area contributed by atoms with E-state index in [0.717, 1.165) is 18.4 Å². The van der Waals surface area contributed by atoms with E-state index in [-0.39, 0.29) is 12.5 Å². The van der Waals surface area contributed by atoms with Gasteiger partial charge >= 0.3 is 5.97 Å². The highest BCUT2D eigenvalue weighted by atomic mass is 16.5. The molecule has 0 unspecified atom stereocenters. The Morgan fingerprint density at radius 1 is 1.20 bits per heavy atom. The van der Waals surface area contributed by atoms with Crippen LogP contribution in [0.3, 0.4) is 0 Å². The molecule has 3 aromatic rings. The van der Waals surface area contributed by atoms with E-state index in [1.807, 2.05) is 0 Å². The summed E-state index contributed by atoms with van der Waals surface area (Å²) in [7, 11) is 1.35. The molecule has 0 bridgehead atoms. The molecule has 7 nitrogen and oxygen atoms in total. The van der Waals surface area contributed by atoms with E-state index in [4.69, 9.17) is 0 Å². The lowest BCUT2D eigenvalue weighted by Crippen LogP contribution is -2.13. The Morgan fingerprint density at radius 3 is 2.68 bits per heavy atom. The number of ether oxygens (including phenoxy) is 1. The molecule has 0 aliphatic carbocycles. The Balaban J connectivity index is 1.72. The van der Waals surface area contributed by atoms with Gasteiger partial charge in [-0.3, -0.25) is 4.79 Å². The standard InChI is InChI=1S/C18H21N5O2/c1-12-6-13(2)8-14(7-12)4-5-19-17-15-9-22-23(10-16(24)25-3)18(15)21-11-20-17/h6-9,11H,4-5,10H2,1-3H3,(H,19,20,21). The molecule has 7 heteroatoms. The van der Waals surface area contributed by atoms with Gasteiger partial charge in [-0.2, -0.15) is 5.10 Å². The normalized spacial score (nSPS) is 10.8. The maximum absolute atomic E-state index is 11.4. The summed E-state index contributed by atoms with van der Waals surface area (Å²) < 4.78 is 6.19. The van der Waals surface area contributed by atoms with E-state index >= 15 is 0 Å². The number of esters is 1. The molecule has 2 heterocycles. The first-order valence-corrected chi connectivity index (χ1v) is 8.11. The Labute approximate surface area is 146 Å². The topological polar surface area (TPSA) is 81.9 Å². The van der Waals surface area contributed by atoms with Gasteiger partial charge in [-0.1, -0.05) is 29.3 Å². The van der Waals surface area contributed by atoms with Crippen molar-refractivity contribution in [1.82, 2.24) is 19.7 Å². The Bertz CT molecular complexity index is 883. The molecule has 0 saturated heterocycles. The number of methoxy groups -OCH3 is 1. The third-order valence-corrected chi connectivity index (χ3v) is 3.93. The Morgan fingerprint density at radius 2 is 1.96 bits per heavy atom. The number of aromatic nitrogens is 4. The summed E-state index contributed by atoms with van der Waals surface area (Å²) in [6, 6.07) is 6.55. The van der Waals surface area contributed by atoms with Crippen molar-refractivity contribution in [2.45, 2.75) is 26.8 Å². The fourth-order valence-corrected chi connectivity index (χ4v) is 2.87. The van der Waals surface area contributed by atoms with Crippen LogP contribution in [0.5, 0.6) is 0 Å². The third-order valence-electron chi connectivity index (χ3n) is 3.93. The van der Waals surface area contributed by atoms with Gasteiger partial charge in [0.25, 0.3) is 0 Å². The van der Waals surface area contributed by atoms with Crippen LogP contribution in [0, 0.1) is 13.8 Å². The predicted molar refractivity (Wildman–Crippen MR) is 95.4 cm³/mol. The molecule has 0 aliphatic heterocycles. The smallest absolute Gasteiger partial charge is 0.327 e. The van der Waals surface area contributed by atoms with E-state index in [0.29, 0.717) is 11.5 Å². The minimum absolute atomic E-state index is 0.0268. The second kappa shape index (κ2) is 7.29. The van der Waals surface area contributed by atoms with Crippen molar-refractivity contribution in [2.24, 2.45) is 0 Å². The number of benzene rings is 1. The average Bonchev–Trinajstić information content (AvgIpc) is 2.98. The molecule has 1 aromatic carbocycles. The van der Waals surface area contributed by atoms with Crippen molar-refractivity contribution in [3.8, 4) is 0 Å². The Hall–Kier alpha value is -2.96. The molecule has 0 spiro atoms. The number of anilines is 1. The molecule has 0 radical (unpaired) electrons. The van der Waals surface area contributed by atoms with Gasteiger partial charge in [-0.15, -0.1) is 0 Å². The minimum Gasteiger partial charge on any atom is -0.468 e. The monoisotopic (exact) mass is 339 g/mol. The van der Waals surface area contributed by atoms with Gasteiger partial charge in [0.15, 0.2) is 5.65 Å². The van der Waals surface area contributed by atoms with Crippen LogP contribution in [0.15, 0.2) is 30.7 Å². The quantitative estimate of drug-likeness (QED) is 0.694. The second-order valence-electron chi connectivity index (χ2n) is 6.01. The van der Waals surface area contributed by atoms with Gasteiger partial charge < -0.3 is 10.1 Å². The van der Waals surface area contributed by atoms with Crippen LogP contribution in [-0.4, -0.2) is 39.4 Å². The van der Waals surface area contributed by atoms with Crippen LogP contribution in [0.25, 0.3) is 11.0 Å². The van der Waals surface area contributed by atoms with Gasteiger partial charge in [0.05, 0.1) is 18.7 Å². The summed E-state index contributed by atoms with van der Waals surface area (Å²) in [5.41, 5.74) is 4.43. The predicted octanol–water partition coefficient (Wildman–Crippen LogP) is 2.27. The lowest BCUT2D eigenvalue weighted by Gasteiger charge is -2.08.